The van der Waals surface area contributed by atoms with Gasteiger partial charge in [0.25, 0.3) is 0 Å². The van der Waals surface area contributed by atoms with Crippen molar-refractivity contribution in [1.82, 2.24) is 9.97 Å². The van der Waals surface area contributed by atoms with Gasteiger partial charge in [-0.15, -0.1) is 0 Å². The summed E-state index contributed by atoms with van der Waals surface area (Å²) < 4.78 is 13.1. The maximum atomic E-state index is 11.8. The van der Waals surface area contributed by atoms with Crippen molar-refractivity contribution in [2.75, 3.05) is 32.2 Å². The Morgan fingerprint density at radius 3 is 1.95 bits per heavy atom. The van der Waals surface area contributed by atoms with Crippen LogP contribution in [0.2, 0.25) is 0 Å². The van der Waals surface area contributed by atoms with Crippen molar-refractivity contribution in [3.8, 4) is 0 Å². The normalized spacial score (nSPS) is 19.8. The summed E-state index contributed by atoms with van der Waals surface area (Å²) in [6, 6.07) is 14.7. The van der Waals surface area contributed by atoms with Crippen molar-refractivity contribution in [3.05, 3.63) is 97.7 Å². The summed E-state index contributed by atoms with van der Waals surface area (Å²) in [4.78, 5) is 20.2. The molecule has 2 N–H and O–H groups in total. The minimum absolute atomic E-state index is 0.0231. The topological polar surface area (TPSA) is 87.3 Å². The molecule has 0 saturated carbocycles. The van der Waals surface area contributed by atoms with Crippen LogP contribution in [0.1, 0.15) is 60.6 Å². The number of carbonyl (C=O) groups is 1. The van der Waals surface area contributed by atoms with Crippen LogP contribution >= 0.6 is 31.9 Å². The van der Waals surface area contributed by atoms with Crippen molar-refractivity contribution >= 4 is 54.7 Å². The van der Waals surface area contributed by atoms with Crippen LogP contribution in [0.4, 0.5) is 5.95 Å². The third kappa shape index (κ3) is 5.00. The number of ether oxygens (including phenoxy) is 2. The molecule has 40 heavy (non-hydrogen) atoms. The zero-order valence-electron chi connectivity index (χ0n) is 22.4. The second-order valence-corrected chi connectivity index (χ2v) is 12.7. The van der Waals surface area contributed by atoms with E-state index in [9.17, 15) is 4.79 Å². The molecule has 2 aromatic carbocycles. The van der Waals surface area contributed by atoms with Crippen LogP contribution in [0.5, 0.6) is 0 Å². The number of anilines is 1. The van der Waals surface area contributed by atoms with Gasteiger partial charge in [-0.1, -0.05) is 56.1 Å². The molecule has 2 aliphatic heterocycles. The number of carbonyl (C=O) groups excluding carboxylic acids is 1. The molecule has 0 bridgehead atoms. The predicted molar refractivity (Wildman–Crippen MR) is 164 cm³/mol. The third-order valence-corrected chi connectivity index (χ3v) is 9.54. The summed E-state index contributed by atoms with van der Waals surface area (Å²) >= 11 is 7.07. The number of aromatic nitrogens is 2. The smallest absolute Gasteiger partial charge is 0.220 e. The van der Waals surface area contributed by atoms with Gasteiger partial charge in [0.2, 0.25) is 5.95 Å². The van der Waals surface area contributed by atoms with E-state index < -0.39 is 0 Å². The van der Waals surface area contributed by atoms with Crippen molar-refractivity contribution in [2.45, 2.75) is 43.4 Å². The number of nitrogens with two attached hydrogens (primary N) is 1. The van der Waals surface area contributed by atoms with Crippen molar-refractivity contribution in [2.24, 2.45) is 0 Å². The minimum atomic E-state index is 0.0231. The average Bonchev–Trinajstić information content (AvgIpc) is 3.42. The molecule has 3 heterocycles. The third-order valence-electron chi connectivity index (χ3n) is 8.56. The molecule has 2 saturated heterocycles. The highest BCUT2D eigenvalue weighted by molar-refractivity contribution is 9.10. The summed E-state index contributed by atoms with van der Waals surface area (Å²) in [6.45, 7) is 4.79. The summed E-state index contributed by atoms with van der Waals surface area (Å²) in [6.07, 6.45) is 10.2. The fraction of sp³-hybridized carbons (Fsp3) is 0.344. The van der Waals surface area contributed by atoms with Gasteiger partial charge in [0, 0.05) is 63.5 Å². The first-order valence-corrected chi connectivity index (χ1v) is 15.2. The van der Waals surface area contributed by atoms with E-state index in [1.54, 1.807) is 13.1 Å². The number of benzene rings is 2. The monoisotopic (exact) mass is 663 g/mol. The first kappa shape index (κ1) is 27.5. The zero-order chi connectivity index (χ0) is 27.9. The lowest BCUT2D eigenvalue weighted by molar-refractivity contribution is -0.111. The van der Waals surface area contributed by atoms with Gasteiger partial charge in [0.05, 0.1) is 5.69 Å². The quantitative estimate of drug-likeness (QED) is 0.324. The van der Waals surface area contributed by atoms with Gasteiger partial charge >= 0.3 is 0 Å². The van der Waals surface area contributed by atoms with Crippen LogP contribution < -0.4 is 5.73 Å². The molecule has 2 fully saturated rings. The fourth-order valence-electron chi connectivity index (χ4n) is 6.54. The minimum Gasteiger partial charge on any atom is -0.381 e. The molecule has 6 nitrogen and oxygen atoms in total. The molecule has 1 aromatic heterocycles. The van der Waals surface area contributed by atoms with E-state index in [4.69, 9.17) is 15.2 Å². The molecule has 0 atom stereocenters. The SMILES string of the molecule is CC(=O)C1=CC2(CCOCC2)c2ccc(Br)cc21.Nc1nccc(C2=CC3(CCOCC3)c3ccc(Br)cc32)n1. The van der Waals surface area contributed by atoms with E-state index in [0.717, 1.165) is 83.5 Å². The van der Waals surface area contributed by atoms with Crippen molar-refractivity contribution in [1.29, 1.82) is 0 Å². The fourth-order valence-corrected chi connectivity index (χ4v) is 7.26. The predicted octanol–water partition coefficient (Wildman–Crippen LogP) is 6.80. The summed E-state index contributed by atoms with van der Waals surface area (Å²) in [5.41, 5.74) is 13.7. The van der Waals surface area contributed by atoms with Gasteiger partial charge in [0.1, 0.15) is 0 Å². The highest BCUT2D eigenvalue weighted by Crippen LogP contribution is 2.49. The Kier molecular flexibility index (Phi) is 7.55. The standard InChI is InChI=1S/C17H16BrN3O.C15H15BrO2/c18-11-1-2-14-12(9-11)13(15-3-6-20-16(19)21-15)10-17(14)4-7-22-8-5-17;1-10(17)13-9-15(4-6-18-7-5-15)14-3-2-11(16)8-12(13)14/h1-3,6,9-10H,4-5,7-8H2,(H2,19,20,21);2-3,8-9H,4-7H2,1H3. The molecule has 7 rings (SSSR count). The Hall–Kier alpha value is -2.65. The second kappa shape index (κ2) is 11.0. The van der Waals surface area contributed by atoms with Gasteiger partial charge in [0.15, 0.2) is 5.78 Å². The Bertz CT molecular complexity index is 1540. The molecule has 2 spiro atoms. The number of fused-ring (bicyclic) bond motifs is 4. The molecule has 2 aliphatic carbocycles. The number of halogens is 2. The van der Waals surface area contributed by atoms with Crippen molar-refractivity contribution < 1.29 is 14.3 Å². The summed E-state index contributed by atoms with van der Waals surface area (Å²) in [5.74, 6) is 0.459. The van der Waals surface area contributed by atoms with E-state index in [2.05, 4.69) is 90.4 Å². The summed E-state index contributed by atoms with van der Waals surface area (Å²) in [5, 5.41) is 0. The van der Waals surface area contributed by atoms with Crippen LogP contribution in [-0.4, -0.2) is 42.2 Å². The number of ketones is 1. The molecular weight excluding hydrogens is 634 g/mol. The Labute approximate surface area is 251 Å². The zero-order valence-corrected chi connectivity index (χ0v) is 25.6. The molecule has 3 aromatic rings. The van der Waals surface area contributed by atoms with Gasteiger partial charge in [-0.25, -0.2) is 9.97 Å². The van der Waals surface area contributed by atoms with Crippen molar-refractivity contribution in [3.63, 3.8) is 0 Å². The number of hydrogen-bond donors (Lipinski definition) is 1. The van der Waals surface area contributed by atoms with Crippen LogP contribution in [0.3, 0.4) is 0 Å². The van der Waals surface area contributed by atoms with E-state index in [1.807, 2.05) is 6.07 Å². The lowest BCUT2D eigenvalue weighted by Gasteiger charge is -2.33. The maximum Gasteiger partial charge on any atom is 0.220 e. The number of nitrogen functional groups attached to an aromatic ring is 1. The first-order chi connectivity index (χ1) is 19.3. The van der Waals surface area contributed by atoms with Gasteiger partial charge in [-0.2, -0.15) is 0 Å². The average molecular weight is 665 g/mol. The number of hydrogen-bond acceptors (Lipinski definition) is 6. The Balaban J connectivity index is 0.000000148. The molecule has 0 radical (unpaired) electrons. The number of Topliss-reactive ketones (excluding diaryl/α,β-unsaturated/α-hetero) is 1. The molecular formula is C32H31Br2N3O3. The van der Waals surface area contributed by atoms with E-state index >= 15 is 0 Å². The van der Waals surface area contributed by atoms with Crippen LogP contribution in [0, 0.1) is 0 Å². The highest BCUT2D eigenvalue weighted by Gasteiger charge is 2.41. The highest BCUT2D eigenvalue weighted by atomic mass is 79.9. The molecule has 0 unspecified atom stereocenters. The Morgan fingerprint density at radius 1 is 0.825 bits per heavy atom. The lowest BCUT2D eigenvalue weighted by atomic mass is 9.76. The second-order valence-electron chi connectivity index (χ2n) is 10.9. The molecule has 206 valence electrons. The molecule has 8 heteroatoms. The first-order valence-electron chi connectivity index (χ1n) is 13.6. The van der Waals surface area contributed by atoms with E-state index in [1.165, 1.54) is 16.7 Å². The summed E-state index contributed by atoms with van der Waals surface area (Å²) in [7, 11) is 0. The lowest BCUT2D eigenvalue weighted by Crippen LogP contribution is -2.30. The maximum absolute atomic E-state index is 11.8. The van der Waals surface area contributed by atoms with Gasteiger partial charge in [-0.05, 0) is 85.2 Å². The largest absolute Gasteiger partial charge is 0.381 e. The van der Waals surface area contributed by atoms with E-state index in [0.29, 0.717) is 5.95 Å². The van der Waals surface area contributed by atoms with Crippen LogP contribution in [-0.2, 0) is 25.1 Å². The van der Waals surface area contributed by atoms with Crippen LogP contribution in [0.15, 0.2) is 69.8 Å². The molecule has 0 amide bonds. The van der Waals surface area contributed by atoms with Gasteiger partial charge < -0.3 is 15.2 Å². The van der Waals surface area contributed by atoms with E-state index in [-0.39, 0.29) is 16.6 Å². The number of rotatable bonds is 2. The number of nitrogens with zero attached hydrogens (tertiary/aromatic N) is 2. The Morgan fingerprint density at radius 2 is 1.38 bits per heavy atom. The van der Waals surface area contributed by atoms with Gasteiger partial charge in [-0.3, -0.25) is 4.79 Å². The molecule has 4 aliphatic rings. The van der Waals surface area contributed by atoms with Crippen LogP contribution in [0.25, 0.3) is 11.1 Å². The number of allylic oxidation sites excluding steroid dienone is 3.